The molecule has 2 rings (SSSR count). The van der Waals surface area contributed by atoms with Crippen LogP contribution in [0.25, 0.3) is 0 Å². The summed E-state index contributed by atoms with van der Waals surface area (Å²) in [6.45, 7) is 0.109. The van der Waals surface area contributed by atoms with Gasteiger partial charge in [0.1, 0.15) is 18.2 Å². The van der Waals surface area contributed by atoms with E-state index in [1.54, 1.807) is 19.0 Å². The highest BCUT2D eigenvalue weighted by atomic mass is 79.9. The van der Waals surface area contributed by atoms with E-state index < -0.39 is 0 Å². The second kappa shape index (κ2) is 6.00. The zero-order chi connectivity index (χ0) is 14.7. The molecule has 0 aliphatic carbocycles. The van der Waals surface area contributed by atoms with Gasteiger partial charge in [0.2, 0.25) is 11.9 Å². The van der Waals surface area contributed by atoms with Crippen LogP contribution in [0.4, 0.5) is 16.3 Å². The minimum absolute atomic E-state index is 0.109. The van der Waals surface area contributed by atoms with Gasteiger partial charge in [-0.1, -0.05) is 0 Å². The van der Waals surface area contributed by atoms with E-state index in [1.165, 1.54) is 18.2 Å². The molecule has 1 heterocycles. The van der Waals surface area contributed by atoms with Crippen LogP contribution in [-0.2, 0) is 6.61 Å². The molecule has 1 aromatic heterocycles. The highest BCUT2D eigenvalue weighted by molar-refractivity contribution is 9.10. The smallest absolute Gasteiger partial charge is 0.230 e. The topological polar surface area (TPSA) is 77.2 Å². The molecule has 0 aliphatic rings. The van der Waals surface area contributed by atoms with E-state index in [0.29, 0.717) is 22.0 Å². The van der Waals surface area contributed by atoms with Crippen LogP contribution >= 0.6 is 15.9 Å². The lowest BCUT2D eigenvalue weighted by atomic mass is 10.3. The number of nitrogen functional groups attached to an aromatic ring is 1. The quantitative estimate of drug-likeness (QED) is 0.916. The third kappa shape index (κ3) is 3.53. The number of ether oxygens (including phenoxy) is 1. The molecule has 0 unspecified atom stereocenters. The Kier molecular flexibility index (Phi) is 4.33. The fraction of sp³-hybridized carbons (Fsp3) is 0.250. The molecule has 0 saturated heterocycles. The number of anilines is 2. The summed E-state index contributed by atoms with van der Waals surface area (Å²) < 4.78 is 19.0. The summed E-state index contributed by atoms with van der Waals surface area (Å²) in [7, 11) is 3.60. The third-order valence-electron chi connectivity index (χ3n) is 2.34. The number of rotatable bonds is 4. The molecule has 0 aliphatic heterocycles. The Hall–Kier alpha value is -1.96. The summed E-state index contributed by atoms with van der Waals surface area (Å²) in [6.07, 6.45) is 0. The predicted molar refractivity (Wildman–Crippen MR) is 77.0 cm³/mol. The fourth-order valence-corrected chi connectivity index (χ4v) is 1.89. The Labute approximate surface area is 123 Å². The van der Waals surface area contributed by atoms with Crippen molar-refractivity contribution in [2.75, 3.05) is 24.7 Å². The van der Waals surface area contributed by atoms with Gasteiger partial charge in [0.25, 0.3) is 0 Å². The second-order valence-corrected chi connectivity index (χ2v) is 5.02. The fourth-order valence-electron chi connectivity index (χ4n) is 1.42. The van der Waals surface area contributed by atoms with E-state index in [0.717, 1.165) is 0 Å². The minimum Gasteiger partial charge on any atom is -0.484 e. The number of hydrogen-bond acceptors (Lipinski definition) is 6. The third-order valence-corrected chi connectivity index (χ3v) is 2.96. The van der Waals surface area contributed by atoms with Crippen LogP contribution in [0.3, 0.4) is 0 Å². The van der Waals surface area contributed by atoms with Crippen molar-refractivity contribution in [3.63, 3.8) is 0 Å². The van der Waals surface area contributed by atoms with E-state index in [2.05, 4.69) is 30.9 Å². The average Bonchev–Trinajstić information content (AvgIpc) is 2.37. The van der Waals surface area contributed by atoms with Crippen LogP contribution in [0.5, 0.6) is 5.75 Å². The van der Waals surface area contributed by atoms with Crippen LogP contribution in [0.15, 0.2) is 22.7 Å². The van der Waals surface area contributed by atoms with E-state index in [9.17, 15) is 4.39 Å². The molecule has 2 N–H and O–H groups in total. The summed E-state index contributed by atoms with van der Waals surface area (Å²) in [5, 5.41) is 0. The minimum atomic E-state index is -0.344. The predicted octanol–water partition coefficient (Wildman–Crippen LogP) is 2.00. The van der Waals surface area contributed by atoms with Crippen molar-refractivity contribution in [1.29, 1.82) is 0 Å². The average molecular weight is 342 g/mol. The maximum Gasteiger partial charge on any atom is 0.230 e. The first-order valence-electron chi connectivity index (χ1n) is 5.71. The zero-order valence-corrected chi connectivity index (χ0v) is 12.6. The van der Waals surface area contributed by atoms with Crippen LogP contribution in [-0.4, -0.2) is 29.0 Å². The first-order chi connectivity index (χ1) is 9.45. The van der Waals surface area contributed by atoms with Gasteiger partial charge < -0.3 is 15.4 Å². The maximum absolute atomic E-state index is 13.0. The van der Waals surface area contributed by atoms with Crippen molar-refractivity contribution in [3.05, 3.63) is 34.3 Å². The summed E-state index contributed by atoms with van der Waals surface area (Å²) in [6, 6.07) is 4.16. The Morgan fingerprint density at radius 1 is 1.30 bits per heavy atom. The highest BCUT2D eigenvalue weighted by Crippen LogP contribution is 2.26. The van der Waals surface area contributed by atoms with E-state index in [4.69, 9.17) is 10.5 Å². The molecule has 6 nitrogen and oxygen atoms in total. The van der Waals surface area contributed by atoms with Crippen molar-refractivity contribution in [3.8, 4) is 5.75 Å². The Balaban J connectivity index is 2.14. The summed E-state index contributed by atoms with van der Waals surface area (Å²) >= 11 is 3.22. The summed E-state index contributed by atoms with van der Waals surface area (Å²) in [4.78, 5) is 13.9. The molecule has 8 heteroatoms. The number of nitrogens with zero attached hydrogens (tertiary/aromatic N) is 4. The van der Waals surface area contributed by atoms with Crippen LogP contribution in [0.2, 0.25) is 0 Å². The molecule has 1 aromatic carbocycles. The molecular formula is C12H13BrFN5O. The lowest BCUT2D eigenvalue weighted by molar-refractivity contribution is 0.293. The van der Waals surface area contributed by atoms with Gasteiger partial charge >= 0.3 is 0 Å². The number of halogens is 2. The van der Waals surface area contributed by atoms with Gasteiger partial charge in [-0.05, 0) is 34.1 Å². The molecule has 0 atom stereocenters. The lowest BCUT2D eigenvalue weighted by Crippen LogP contribution is -2.16. The van der Waals surface area contributed by atoms with Gasteiger partial charge in [0.15, 0.2) is 5.82 Å². The molecule has 2 aromatic rings. The van der Waals surface area contributed by atoms with Crippen LogP contribution in [0, 0.1) is 5.82 Å². The first-order valence-corrected chi connectivity index (χ1v) is 6.50. The Morgan fingerprint density at radius 3 is 2.70 bits per heavy atom. The van der Waals surface area contributed by atoms with E-state index in [-0.39, 0.29) is 18.4 Å². The molecule has 0 saturated carbocycles. The molecular weight excluding hydrogens is 329 g/mol. The first kappa shape index (κ1) is 14.4. The van der Waals surface area contributed by atoms with Crippen molar-refractivity contribution in [2.45, 2.75) is 6.61 Å². The zero-order valence-electron chi connectivity index (χ0n) is 11.0. The van der Waals surface area contributed by atoms with Crippen LogP contribution < -0.4 is 15.4 Å². The van der Waals surface area contributed by atoms with Gasteiger partial charge in [0.05, 0.1) is 4.47 Å². The van der Waals surface area contributed by atoms with E-state index >= 15 is 0 Å². The number of benzene rings is 1. The van der Waals surface area contributed by atoms with E-state index in [1.807, 2.05) is 0 Å². The molecule has 0 spiro atoms. The second-order valence-electron chi connectivity index (χ2n) is 4.17. The molecule has 0 bridgehead atoms. The lowest BCUT2D eigenvalue weighted by Gasteiger charge is -2.12. The van der Waals surface area contributed by atoms with Gasteiger partial charge in [-0.25, -0.2) is 4.39 Å². The Bertz CT molecular complexity index is 623. The molecule has 0 radical (unpaired) electrons. The summed E-state index contributed by atoms with van der Waals surface area (Å²) in [5.74, 6) is 1.13. The highest BCUT2D eigenvalue weighted by Gasteiger charge is 2.08. The normalized spacial score (nSPS) is 10.4. The van der Waals surface area contributed by atoms with Crippen molar-refractivity contribution in [1.82, 2.24) is 15.0 Å². The van der Waals surface area contributed by atoms with Gasteiger partial charge in [-0.2, -0.15) is 15.0 Å². The van der Waals surface area contributed by atoms with Crippen LogP contribution in [0.1, 0.15) is 5.82 Å². The largest absolute Gasteiger partial charge is 0.484 e. The molecule has 106 valence electrons. The maximum atomic E-state index is 13.0. The summed E-state index contributed by atoms with van der Waals surface area (Å²) in [5.41, 5.74) is 5.61. The number of hydrogen-bond donors (Lipinski definition) is 1. The molecule has 0 fully saturated rings. The van der Waals surface area contributed by atoms with Crippen molar-refractivity contribution >= 4 is 27.8 Å². The Morgan fingerprint density at radius 2 is 2.05 bits per heavy atom. The van der Waals surface area contributed by atoms with Crippen molar-refractivity contribution in [2.24, 2.45) is 0 Å². The monoisotopic (exact) mass is 341 g/mol. The molecule has 20 heavy (non-hydrogen) atoms. The van der Waals surface area contributed by atoms with Crippen molar-refractivity contribution < 1.29 is 9.13 Å². The number of nitrogens with two attached hydrogens (primary N) is 1. The van der Waals surface area contributed by atoms with Gasteiger partial charge in [-0.3, -0.25) is 0 Å². The van der Waals surface area contributed by atoms with Gasteiger partial charge in [0, 0.05) is 14.1 Å². The SMILES string of the molecule is CN(C)c1nc(N)nc(COc2ccc(F)cc2Br)n1. The van der Waals surface area contributed by atoms with Gasteiger partial charge in [-0.15, -0.1) is 0 Å². The standard InChI is InChI=1S/C12H13BrFN5O/c1-19(2)12-17-10(16-11(15)18-12)6-20-9-4-3-7(14)5-8(9)13/h3-5H,6H2,1-2H3,(H2,15,16,17,18). The molecule has 0 amide bonds. The number of aromatic nitrogens is 3.